The van der Waals surface area contributed by atoms with Crippen molar-refractivity contribution in [3.05, 3.63) is 125 Å². The molecule has 5 aromatic rings. The van der Waals surface area contributed by atoms with Crippen LogP contribution in [0.1, 0.15) is 42.3 Å². The van der Waals surface area contributed by atoms with Crippen LogP contribution in [-0.2, 0) is 16.1 Å². The van der Waals surface area contributed by atoms with Crippen LogP contribution < -0.4 is 24.4 Å². The number of hydrogen-bond donors (Lipinski definition) is 0. The Labute approximate surface area is 279 Å². The molecule has 0 bridgehead atoms. The van der Waals surface area contributed by atoms with Gasteiger partial charge in [0.05, 0.1) is 46.5 Å². The summed E-state index contributed by atoms with van der Waals surface area (Å²) >= 11 is 13.8. The topological polar surface area (TPSA) is 84.0 Å². The maximum atomic E-state index is 14.3. The largest absolute Gasteiger partial charge is 0.490 e. The molecular weight excluding hydrogens is 645 g/mol. The molecule has 6 rings (SSSR count). The zero-order chi connectivity index (χ0) is 32.5. The molecule has 0 N–H and O–H groups in total. The van der Waals surface area contributed by atoms with Gasteiger partial charge in [-0.15, -0.1) is 0 Å². The lowest BCUT2D eigenvalue weighted by Gasteiger charge is -2.23. The van der Waals surface area contributed by atoms with E-state index >= 15 is 0 Å². The standard InChI is InChI=1S/C35H31Cl2N3O5S/c1-5-44-29-14-12-22(16-30(29)45-6-2)32-25(34(42)43-4)18-38-35-40(32)33(41)31(46-35)17-24-20(3)39(28-10-8-7-9-23(24)28)19-21-11-13-26(36)27(37)15-21/h7-18,32H,5-6,19H2,1-4H3/b31-17+/t32-/m0/s1. The molecule has 11 heteroatoms. The van der Waals surface area contributed by atoms with E-state index < -0.39 is 12.0 Å². The molecule has 0 saturated carbocycles. The number of carbonyl (C=O) groups is 1. The fraction of sp³-hybridized carbons (Fsp3) is 0.229. The molecule has 46 heavy (non-hydrogen) atoms. The van der Waals surface area contributed by atoms with Crippen molar-refractivity contribution in [2.75, 3.05) is 20.3 Å². The van der Waals surface area contributed by atoms with Gasteiger partial charge >= 0.3 is 5.97 Å². The van der Waals surface area contributed by atoms with Crippen LogP contribution in [0.5, 0.6) is 11.5 Å². The summed E-state index contributed by atoms with van der Waals surface area (Å²) in [5, 5.41) is 2.01. The van der Waals surface area contributed by atoms with Crippen molar-refractivity contribution in [1.82, 2.24) is 9.13 Å². The minimum atomic E-state index is -0.780. The predicted molar refractivity (Wildman–Crippen MR) is 182 cm³/mol. The first-order valence-electron chi connectivity index (χ1n) is 14.8. The molecule has 0 saturated heterocycles. The molecule has 2 aromatic heterocycles. The van der Waals surface area contributed by atoms with Crippen LogP contribution in [0.3, 0.4) is 0 Å². The summed E-state index contributed by atoms with van der Waals surface area (Å²) in [6, 6.07) is 18.3. The summed E-state index contributed by atoms with van der Waals surface area (Å²) in [7, 11) is 1.31. The van der Waals surface area contributed by atoms with E-state index in [0.29, 0.717) is 56.2 Å². The first-order valence-corrected chi connectivity index (χ1v) is 16.3. The Morgan fingerprint density at radius 1 is 1.00 bits per heavy atom. The van der Waals surface area contributed by atoms with E-state index in [0.717, 1.165) is 27.7 Å². The highest BCUT2D eigenvalue weighted by Gasteiger charge is 2.31. The van der Waals surface area contributed by atoms with E-state index in [1.165, 1.54) is 24.6 Å². The van der Waals surface area contributed by atoms with Gasteiger partial charge < -0.3 is 18.8 Å². The molecule has 0 spiro atoms. The van der Waals surface area contributed by atoms with Crippen LogP contribution in [0, 0.1) is 6.92 Å². The molecule has 0 aliphatic carbocycles. The number of aromatic nitrogens is 2. The zero-order valence-corrected chi connectivity index (χ0v) is 28.0. The van der Waals surface area contributed by atoms with Crippen LogP contribution in [0.15, 0.2) is 82.2 Å². The normalized spacial score (nSPS) is 14.5. The van der Waals surface area contributed by atoms with Crippen molar-refractivity contribution >= 4 is 57.5 Å². The Balaban J connectivity index is 1.51. The van der Waals surface area contributed by atoms with Gasteiger partial charge in [0.25, 0.3) is 5.56 Å². The Kier molecular flexibility index (Phi) is 9.08. The van der Waals surface area contributed by atoms with E-state index in [2.05, 4.69) is 15.6 Å². The fourth-order valence-corrected chi connectivity index (χ4v) is 7.05. The summed E-state index contributed by atoms with van der Waals surface area (Å²) in [5.41, 5.74) is 4.57. The summed E-state index contributed by atoms with van der Waals surface area (Å²) in [6.07, 6.45) is 3.40. The third kappa shape index (κ3) is 5.75. The minimum absolute atomic E-state index is 0.238. The van der Waals surface area contributed by atoms with E-state index in [-0.39, 0.29) is 11.1 Å². The second-order valence-corrected chi connectivity index (χ2v) is 12.4. The number of benzene rings is 3. The predicted octanol–water partition coefficient (Wildman–Crippen LogP) is 6.43. The Morgan fingerprint density at radius 2 is 1.76 bits per heavy atom. The molecule has 8 nitrogen and oxygen atoms in total. The number of carbonyl (C=O) groups excluding carboxylic acids is 1. The van der Waals surface area contributed by atoms with Crippen LogP contribution >= 0.6 is 34.5 Å². The van der Waals surface area contributed by atoms with Crippen LogP contribution in [0.4, 0.5) is 0 Å². The molecule has 0 amide bonds. The molecular formula is C35H31Cl2N3O5S. The van der Waals surface area contributed by atoms with Crippen molar-refractivity contribution in [3.63, 3.8) is 0 Å². The quantitative estimate of drug-likeness (QED) is 0.168. The number of nitrogens with zero attached hydrogens (tertiary/aromatic N) is 3. The smallest absolute Gasteiger partial charge is 0.337 e. The zero-order valence-electron chi connectivity index (χ0n) is 25.7. The van der Waals surface area contributed by atoms with Crippen molar-refractivity contribution in [2.24, 2.45) is 4.99 Å². The van der Waals surface area contributed by atoms with Gasteiger partial charge in [-0.2, -0.15) is 0 Å². The van der Waals surface area contributed by atoms with E-state index in [1.54, 1.807) is 22.8 Å². The molecule has 1 aliphatic heterocycles. The monoisotopic (exact) mass is 675 g/mol. The highest BCUT2D eigenvalue weighted by Crippen LogP contribution is 2.35. The number of para-hydroxylation sites is 1. The lowest BCUT2D eigenvalue weighted by molar-refractivity contribution is -0.136. The van der Waals surface area contributed by atoms with Crippen molar-refractivity contribution < 1.29 is 19.0 Å². The number of ether oxygens (including phenoxy) is 3. The Morgan fingerprint density at radius 3 is 2.50 bits per heavy atom. The maximum absolute atomic E-state index is 14.3. The van der Waals surface area contributed by atoms with Gasteiger partial charge in [-0.05, 0) is 68.3 Å². The van der Waals surface area contributed by atoms with Crippen LogP contribution in [0.2, 0.25) is 10.0 Å². The SMILES string of the molecule is CCOc1ccc([C@H]2C(C(=O)OC)=CN=c3s/c(=C/c4c(C)n(Cc5ccc(Cl)c(Cl)c5)c5ccccc45)c(=O)n32)cc1OCC. The lowest BCUT2D eigenvalue weighted by Crippen LogP contribution is -2.39. The second-order valence-electron chi connectivity index (χ2n) is 10.6. The molecule has 3 heterocycles. The molecule has 1 aliphatic rings. The number of methoxy groups -OCH3 is 1. The number of rotatable bonds is 9. The number of thiazole rings is 1. The molecule has 3 aromatic carbocycles. The van der Waals surface area contributed by atoms with Gasteiger partial charge in [-0.3, -0.25) is 9.36 Å². The van der Waals surface area contributed by atoms with Gasteiger partial charge in [0.1, 0.15) is 0 Å². The van der Waals surface area contributed by atoms with Gasteiger partial charge in [0, 0.05) is 34.9 Å². The number of hydrogen-bond acceptors (Lipinski definition) is 7. The Bertz CT molecular complexity index is 2200. The van der Waals surface area contributed by atoms with E-state index in [1.807, 2.05) is 63.2 Å². The van der Waals surface area contributed by atoms with E-state index in [9.17, 15) is 9.59 Å². The number of fused-ring (bicyclic) bond motifs is 2. The molecule has 1 atom stereocenters. The van der Waals surface area contributed by atoms with Gasteiger partial charge in [-0.1, -0.05) is 64.9 Å². The van der Waals surface area contributed by atoms with Crippen LogP contribution in [-0.4, -0.2) is 35.4 Å². The summed E-state index contributed by atoms with van der Waals surface area (Å²) < 4.78 is 21.0. The van der Waals surface area contributed by atoms with Gasteiger partial charge in [0.15, 0.2) is 16.3 Å². The van der Waals surface area contributed by atoms with Gasteiger partial charge in [0.2, 0.25) is 0 Å². The van der Waals surface area contributed by atoms with Crippen molar-refractivity contribution in [1.29, 1.82) is 0 Å². The van der Waals surface area contributed by atoms with Crippen molar-refractivity contribution in [2.45, 2.75) is 33.4 Å². The van der Waals surface area contributed by atoms with E-state index in [4.69, 9.17) is 37.4 Å². The molecule has 236 valence electrons. The maximum Gasteiger partial charge on any atom is 0.337 e. The fourth-order valence-electron chi connectivity index (χ4n) is 5.78. The first-order chi connectivity index (χ1) is 22.2. The highest BCUT2D eigenvalue weighted by atomic mass is 35.5. The summed E-state index contributed by atoms with van der Waals surface area (Å²) in [4.78, 5) is 32.2. The number of halogens is 2. The molecule has 0 fully saturated rings. The third-order valence-corrected chi connectivity index (χ3v) is 9.62. The molecule has 0 unspecified atom stereocenters. The lowest BCUT2D eigenvalue weighted by atomic mass is 9.97. The Hall–Kier alpha value is -4.31. The first kappa shape index (κ1) is 31.7. The number of esters is 1. The third-order valence-electron chi connectivity index (χ3n) is 7.89. The summed E-state index contributed by atoms with van der Waals surface area (Å²) in [5.74, 6) is 0.531. The second kappa shape index (κ2) is 13.2. The average molecular weight is 677 g/mol. The van der Waals surface area contributed by atoms with Gasteiger partial charge in [-0.25, -0.2) is 9.79 Å². The van der Waals surface area contributed by atoms with Crippen LogP contribution in [0.25, 0.3) is 17.0 Å². The average Bonchev–Trinajstić information content (AvgIpc) is 3.51. The highest BCUT2D eigenvalue weighted by molar-refractivity contribution is 7.07. The summed E-state index contributed by atoms with van der Waals surface area (Å²) in [6.45, 7) is 7.27. The molecule has 0 radical (unpaired) electrons. The minimum Gasteiger partial charge on any atom is -0.490 e. The van der Waals surface area contributed by atoms with Crippen molar-refractivity contribution in [3.8, 4) is 11.5 Å².